The molecule has 0 aliphatic heterocycles. The number of nitrogens with zero attached hydrogens (tertiary/aromatic N) is 3. The lowest BCUT2D eigenvalue weighted by Gasteiger charge is -2.01. The van der Waals surface area contributed by atoms with E-state index in [1.165, 1.54) is 12.3 Å². The number of aliphatic imine (C=N–C) groups is 1. The van der Waals surface area contributed by atoms with Crippen LogP contribution >= 0.6 is 0 Å². The van der Waals surface area contributed by atoms with Crippen LogP contribution in [0.2, 0.25) is 0 Å². The quantitative estimate of drug-likeness (QED) is 0.528. The van der Waals surface area contributed by atoms with Gasteiger partial charge in [-0.1, -0.05) is 0 Å². The van der Waals surface area contributed by atoms with Gasteiger partial charge in [0.2, 0.25) is 6.08 Å². The summed E-state index contributed by atoms with van der Waals surface area (Å²) in [7, 11) is 1.55. The average Bonchev–Trinajstić information content (AvgIpc) is 2.62. The number of ether oxygens (including phenoxy) is 1. The van der Waals surface area contributed by atoms with Gasteiger partial charge in [-0.15, -0.1) is 0 Å². The van der Waals surface area contributed by atoms with Crippen molar-refractivity contribution < 1.29 is 9.53 Å². The number of pyridine rings is 1. The summed E-state index contributed by atoms with van der Waals surface area (Å²) in [5, 5.41) is 4.01. The zero-order valence-corrected chi connectivity index (χ0v) is 7.47. The molecule has 14 heavy (non-hydrogen) atoms. The van der Waals surface area contributed by atoms with Crippen molar-refractivity contribution in [3.05, 3.63) is 24.5 Å². The number of isocyanates is 1. The molecule has 2 heterocycles. The summed E-state index contributed by atoms with van der Waals surface area (Å²) in [6, 6.07) is 3.58. The van der Waals surface area contributed by atoms with E-state index in [2.05, 4.69) is 10.1 Å². The Morgan fingerprint density at radius 2 is 2.50 bits per heavy atom. The van der Waals surface area contributed by atoms with Crippen LogP contribution in [0.1, 0.15) is 0 Å². The molecule has 0 unspecified atom stereocenters. The normalized spacial score (nSPS) is 9.79. The molecule has 5 nitrogen and oxygen atoms in total. The predicted octanol–water partition coefficient (Wildman–Crippen LogP) is 1.31. The molecule has 0 amide bonds. The first kappa shape index (κ1) is 8.47. The van der Waals surface area contributed by atoms with Gasteiger partial charge in [0.05, 0.1) is 13.3 Å². The monoisotopic (exact) mass is 189 g/mol. The second-order valence-corrected chi connectivity index (χ2v) is 2.60. The van der Waals surface area contributed by atoms with Crippen LogP contribution in [0.3, 0.4) is 0 Å². The Bertz CT molecular complexity index is 512. The minimum absolute atomic E-state index is 0.456. The third kappa shape index (κ3) is 1.16. The molecule has 0 atom stereocenters. The van der Waals surface area contributed by atoms with Gasteiger partial charge in [0.15, 0.2) is 0 Å². The molecule has 2 aromatic rings. The highest BCUT2D eigenvalue weighted by atomic mass is 16.5. The second-order valence-electron chi connectivity index (χ2n) is 2.60. The molecule has 70 valence electrons. The van der Waals surface area contributed by atoms with Gasteiger partial charge >= 0.3 is 0 Å². The van der Waals surface area contributed by atoms with E-state index in [4.69, 9.17) is 4.74 Å². The van der Waals surface area contributed by atoms with Crippen LogP contribution < -0.4 is 4.74 Å². The van der Waals surface area contributed by atoms with E-state index in [9.17, 15) is 4.79 Å². The first-order valence-corrected chi connectivity index (χ1v) is 3.95. The van der Waals surface area contributed by atoms with E-state index >= 15 is 0 Å². The molecule has 0 N–H and O–H groups in total. The SMILES string of the molecule is COc1cccn2ncc(N=C=O)c12. The van der Waals surface area contributed by atoms with Crippen molar-refractivity contribution in [3.8, 4) is 5.75 Å². The van der Waals surface area contributed by atoms with Gasteiger partial charge in [-0.3, -0.25) is 0 Å². The number of hydrogen-bond donors (Lipinski definition) is 0. The maximum atomic E-state index is 10.1. The highest BCUT2D eigenvalue weighted by molar-refractivity contribution is 5.77. The lowest BCUT2D eigenvalue weighted by molar-refractivity contribution is 0.417. The third-order valence-corrected chi connectivity index (χ3v) is 1.87. The molecular weight excluding hydrogens is 182 g/mol. The Hall–Kier alpha value is -2.13. The van der Waals surface area contributed by atoms with E-state index in [1.807, 2.05) is 0 Å². The smallest absolute Gasteiger partial charge is 0.240 e. The van der Waals surface area contributed by atoms with Crippen molar-refractivity contribution in [1.29, 1.82) is 0 Å². The zero-order valence-electron chi connectivity index (χ0n) is 7.47. The fourth-order valence-electron chi connectivity index (χ4n) is 1.29. The maximum absolute atomic E-state index is 10.1. The van der Waals surface area contributed by atoms with Crippen LogP contribution in [0, 0.1) is 0 Å². The number of rotatable bonds is 2. The number of aromatic nitrogens is 2. The Kier molecular flexibility index (Phi) is 2.01. The molecule has 0 fully saturated rings. The fourth-order valence-corrected chi connectivity index (χ4v) is 1.29. The first-order valence-electron chi connectivity index (χ1n) is 3.95. The Morgan fingerprint density at radius 3 is 3.21 bits per heavy atom. The van der Waals surface area contributed by atoms with Gasteiger partial charge < -0.3 is 4.74 Å². The van der Waals surface area contributed by atoms with Gasteiger partial charge in [-0.2, -0.15) is 10.1 Å². The number of carbonyl (C=O) groups excluding carboxylic acids is 1. The lowest BCUT2D eigenvalue weighted by Crippen LogP contribution is -1.89. The van der Waals surface area contributed by atoms with Gasteiger partial charge in [0.25, 0.3) is 0 Å². The summed E-state index contributed by atoms with van der Waals surface area (Å²) >= 11 is 0. The standard InChI is InChI=1S/C9H7N3O2/c1-14-8-3-2-4-12-9(8)7(5-11-12)10-6-13/h2-5H,1H3. The van der Waals surface area contributed by atoms with Crippen molar-refractivity contribution in [2.24, 2.45) is 4.99 Å². The maximum Gasteiger partial charge on any atom is 0.240 e. The van der Waals surface area contributed by atoms with E-state index in [0.29, 0.717) is 17.0 Å². The zero-order chi connectivity index (χ0) is 9.97. The summed E-state index contributed by atoms with van der Waals surface area (Å²) in [4.78, 5) is 13.7. The second kappa shape index (κ2) is 3.32. The van der Waals surface area contributed by atoms with Crippen molar-refractivity contribution >= 4 is 17.3 Å². The van der Waals surface area contributed by atoms with Gasteiger partial charge in [0, 0.05) is 6.20 Å². The van der Waals surface area contributed by atoms with E-state index in [1.54, 1.807) is 30.0 Å². The Balaban J connectivity index is 2.80. The molecule has 0 aromatic carbocycles. The van der Waals surface area contributed by atoms with Crippen molar-refractivity contribution in [2.75, 3.05) is 7.11 Å². The molecule has 2 rings (SSSR count). The fraction of sp³-hybridized carbons (Fsp3) is 0.111. The highest BCUT2D eigenvalue weighted by Crippen LogP contribution is 2.28. The topological polar surface area (TPSA) is 56.0 Å². The van der Waals surface area contributed by atoms with Crippen molar-refractivity contribution in [3.63, 3.8) is 0 Å². The van der Waals surface area contributed by atoms with E-state index in [0.717, 1.165) is 0 Å². The van der Waals surface area contributed by atoms with Crippen LogP contribution in [0.25, 0.3) is 5.52 Å². The molecule has 0 saturated heterocycles. The molecule has 0 spiro atoms. The van der Waals surface area contributed by atoms with E-state index in [-0.39, 0.29) is 0 Å². The van der Waals surface area contributed by atoms with Gasteiger partial charge in [-0.05, 0) is 12.1 Å². The summed E-state index contributed by atoms with van der Waals surface area (Å²) < 4.78 is 6.71. The summed E-state index contributed by atoms with van der Waals surface area (Å²) in [6.07, 6.45) is 4.72. The average molecular weight is 189 g/mol. The Labute approximate surface area is 79.6 Å². The van der Waals surface area contributed by atoms with Crippen LogP contribution in [0.15, 0.2) is 29.5 Å². The van der Waals surface area contributed by atoms with Crippen LogP contribution in [0.4, 0.5) is 5.69 Å². The summed E-state index contributed by atoms with van der Waals surface area (Å²) in [5.41, 5.74) is 1.12. The minimum Gasteiger partial charge on any atom is -0.494 e. The predicted molar refractivity (Wildman–Crippen MR) is 49.5 cm³/mol. The molecule has 0 bridgehead atoms. The molecule has 0 aliphatic carbocycles. The van der Waals surface area contributed by atoms with Gasteiger partial charge in [-0.25, -0.2) is 9.31 Å². The van der Waals surface area contributed by atoms with Crippen LogP contribution in [0.5, 0.6) is 5.75 Å². The minimum atomic E-state index is 0.456. The number of hydrogen-bond acceptors (Lipinski definition) is 4. The van der Waals surface area contributed by atoms with Crippen LogP contribution in [-0.4, -0.2) is 22.8 Å². The van der Waals surface area contributed by atoms with Gasteiger partial charge in [0.1, 0.15) is 17.0 Å². The molecular formula is C9H7N3O2. The molecule has 5 heteroatoms. The number of fused-ring (bicyclic) bond motifs is 1. The molecule has 0 aliphatic rings. The van der Waals surface area contributed by atoms with E-state index < -0.39 is 0 Å². The van der Waals surface area contributed by atoms with Crippen molar-refractivity contribution in [2.45, 2.75) is 0 Å². The molecule has 2 aromatic heterocycles. The highest BCUT2D eigenvalue weighted by Gasteiger charge is 2.07. The lowest BCUT2D eigenvalue weighted by atomic mass is 10.3. The Morgan fingerprint density at radius 1 is 1.64 bits per heavy atom. The van der Waals surface area contributed by atoms with Crippen molar-refractivity contribution in [1.82, 2.24) is 9.61 Å². The van der Waals surface area contributed by atoms with Crippen LogP contribution in [-0.2, 0) is 4.79 Å². The molecule has 0 radical (unpaired) electrons. The first-order chi connectivity index (χ1) is 6.86. The summed E-state index contributed by atoms with van der Waals surface area (Å²) in [5.74, 6) is 0.624. The largest absolute Gasteiger partial charge is 0.494 e. The third-order valence-electron chi connectivity index (χ3n) is 1.87. The number of methoxy groups -OCH3 is 1. The summed E-state index contributed by atoms with van der Waals surface area (Å²) in [6.45, 7) is 0. The molecule has 0 saturated carbocycles.